The summed E-state index contributed by atoms with van der Waals surface area (Å²) in [5, 5.41) is 3.49. The zero-order valence-corrected chi connectivity index (χ0v) is 13.0. The van der Waals surface area contributed by atoms with Crippen molar-refractivity contribution in [2.24, 2.45) is 5.41 Å². The Kier molecular flexibility index (Phi) is 5.24. The summed E-state index contributed by atoms with van der Waals surface area (Å²) < 4.78 is 5.74. The maximum atomic E-state index is 5.74. The van der Waals surface area contributed by atoms with Gasteiger partial charge in [-0.3, -0.25) is 0 Å². The lowest BCUT2D eigenvalue weighted by molar-refractivity contribution is 0.150. The van der Waals surface area contributed by atoms with Crippen LogP contribution in [-0.4, -0.2) is 43.2 Å². The third-order valence-corrected chi connectivity index (χ3v) is 4.11. The van der Waals surface area contributed by atoms with Gasteiger partial charge in [-0.15, -0.1) is 0 Å². The third kappa shape index (κ3) is 4.10. The number of ether oxygens (including phenoxy) is 1. The van der Waals surface area contributed by atoms with Crippen molar-refractivity contribution in [3.8, 4) is 5.75 Å². The predicted octanol–water partition coefficient (Wildman–Crippen LogP) is 3.01. The van der Waals surface area contributed by atoms with E-state index in [9.17, 15) is 0 Å². The number of pyridine rings is 1. The molecule has 2 heterocycles. The Hall–Kier alpha value is -1.29. The summed E-state index contributed by atoms with van der Waals surface area (Å²) in [5.41, 5.74) is 0.353. The molecule has 0 radical (unpaired) electrons. The van der Waals surface area contributed by atoms with E-state index >= 15 is 0 Å². The van der Waals surface area contributed by atoms with E-state index in [2.05, 4.69) is 36.1 Å². The zero-order chi connectivity index (χ0) is 14.4. The van der Waals surface area contributed by atoms with Gasteiger partial charge in [0.15, 0.2) is 11.6 Å². The number of rotatable bonds is 6. The van der Waals surface area contributed by atoms with Gasteiger partial charge in [0.05, 0.1) is 6.61 Å². The highest BCUT2D eigenvalue weighted by atomic mass is 16.5. The Morgan fingerprint density at radius 1 is 1.40 bits per heavy atom. The van der Waals surface area contributed by atoms with E-state index in [4.69, 9.17) is 4.74 Å². The largest absolute Gasteiger partial charge is 0.490 e. The maximum absolute atomic E-state index is 5.74. The number of anilines is 1. The van der Waals surface area contributed by atoms with Gasteiger partial charge in [0, 0.05) is 12.7 Å². The van der Waals surface area contributed by atoms with Crippen LogP contribution in [0.5, 0.6) is 5.75 Å². The first-order valence-corrected chi connectivity index (χ1v) is 7.63. The van der Waals surface area contributed by atoms with Crippen LogP contribution < -0.4 is 10.1 Å². The highest BCUT2D eigenvalue weighted by molar-refractivity contribution is 5.49. The van der Waals surface area contributed by atoms with Gasteiger partial charge in [0.1, 0.15) is 0 Å². The van der Waals surface area contributed by atoms with Crippen molar-refractivity contribution in [2.75, 3.05) is 38.6 Å². The second-order valence-corrected chi connectivity index (χ2v) is 6.17. The van der Waals surface area contributed by atoms with Gasteiger partial charge >= 0.3 is 0 Å². The van der Waals surface area contributed by atoms with Gasteiger partial charge < -0.3 is 15.0 Å². The molecule has 1 aromatic heterocycles. The summed E-state index contributed by atoms with van der Waals surface area (Å²) >= 11 is 0. The number of piperidine rings is 1. The number of hydrogen-bond acceptors (Lipinski definition) is 4. The molecule has 0 aromatic carbocycles. The fraction of sp³-hybridized carbons (Fsp3) is 0.688. The molecular weight excluding hydrogens is 250 g/mol. The van der Waals surface area contributed by atoms with Gasteiger partial charge in [0.2, 0.25) is 0 Å². The third-order valence-electron chi connectivity index (χ3n) is 4.11. The van der Waals surface area contributed by atoms with Gasteiger partial charge in [-0.2, -0.15) is 0 Å². The van der Waals surface area contributed by atoms with Crippen molar-refractivity contribution >= 4 is 5.82 Å². The van der Waals surface area contributed by atoms with Crippen LogP contribution in [0, 0.1) is 5.41 Å². The first kappa shape index (κ1) is 15.1. The van der Waals surface area contributed by atoms with Gasteiger partial charge in [-0.25, -0.2) is 4.98 Å². The molecule has 0 unspecified atom stereocenters. The standard InChI is InChI=1S/C16H27N3O/c1-4-12-20-14-6-5-9-17-15(14)18-13-16(2)7-10-19(3)11-8-16/h5-6,9H,4,7-8,10-13H2,1-3H3,(H,17,18). The van der Waals surface area contributed by atoms with Gasteiger partial charge in [-0.05, 0) is 56.9 Å². The molecule has 2 rings (SSSR count). The molecule has 1 fully saturated rings. The van der Waals surface area contributed by atoms with Crippen molar-refractivity contribution < 1.29 is 4.74 Å². The van der Waals surface area contributed by atoms with E-state index < -0.39 is 0 Å². The van der Waals surface area contributed by atoms with Crippen molar-refractivity contribution in [3.63, 3.8) is 0 Å². The van der Waals surface area contributed by atoms with E-state index in [-0.39, 0.29) is 0 Å². The number of nitrogens with one attached hydrogen (secondary N) is 1. The molecule has 4 heteroatoms. The second kappa shape index (κ2) is 6.93. The first-order chi connectivity index (χ1) is 9.63. The summed E-state index contributed by atoms with van der Waals surface area (Å²) in [6, 6.07) is 3.91. The van der Waals surface area contributed by atoms with Gasteiger partial charge in [-0.1, -0.05) is 13.8 Å². The summed E-state index contributed by atoms with van der Waals surface area (Å²) in [7, 11) is 2.20. The number of hydrogen-bond donors (Lipinski definition) is 1. The Morgan fingerprint density at radius 3 is 2.85 bits per heavy atom. The van der Waals surface area contributed by atoms with E-state index in [1.165, 1.54) is 25.9 Å². The lowest BCUT2D eigenvalue weighted by Crippen LogP contribution is -2.40. The highest BCUT2D eigenvalue weighted by Crippen LogP contribution is 2.31. The van der Waals surface area contributed by atoms with Crippen LogP contribution in [0.2, 0.25) is 0 Å². The maximum Gasteiger partial charge on any atom is 0.168 e. The van der Waals surface area contributed by atoms with E-state index in [0.717, 1.165) is 31.1 Å². The van der Waals surface area contributed by atoms with Crippen LogP contribution >= 0.6 is 0 Å². The van der Waals surface area contributed by atoms with Crippen molar-refractivity contribution in [3.05, 3.63) is 18.3 Å². The van der Waals surface area contributed by atoms with Crippen LogP contribution in [0.3, 0.4) is 0 Å². The van der Waals surface area contributed by atoms with E-state index in [1.54, 1.807) is 0 Å². The summed E-state index contributed by atoms with van der Waals surface area (Å²) in [5.74, 6) is 1.74. The number of nitrogens with zero attached hydrogens (tertiary/aromatic N) is 2. The normalized spacial score (nSPS) is 18.8. The molecule has 1 aromatic rings. The molecule has 0 amide bonds. The summed E-state index contributed by atoms with van der Waals surface area (Å²) in [6.45, 7) is 8.54. The summed E-state index contributed by atoms with van der Waals surface area (Å²) in [6.07, 6.45) is 5.29. The molecule has 0 bridgehead atoms. The fourth-order valence-corrected chi connectivity index (χ4v) is 2.48. The minimum Gasteiger partial charge on any atom is -0.490 e. The topological polar surface area (TPSA) is 37.4 Å². The van der Waals surface area contributed by atoms with Crippen molar-refractivity contribution in [1.82, 2.24) is 9.88 Å². The smallest absolute Gasteiger partial charge is 0.168 e. The molecule has 1 aliphatic heterocycles. The zero-order valence-electron chi connectivity index (χ0n) is 13.0. The second-order valence-electron chi connectivity index (χ2n) is 6.17. The highest BCUT2D eigenvalue weighted by Gasteiger charge is 2.28. The van der Waals surface area contributed by atoms with E-state index in [1.807, 2.05) is 18.3 Å². The SMILES string of the molecule is CCCOc1cccnc1NCC1(C)CCN(C)CC1. The molecule has 1 saturated heterocycles. The van der Waals surface area contributed by atoms with Crippen LogP contribution in [0.25, 0.3) is 0 Å². The fourth-order valence-electron chi connectivity index (χ4n) is 2.48. The molecule has 1 N–H and O–H groups in total. The number of aromatic nitrogens is 1. The van der Waals surface area contributed by atoms with Crippen molar-refractivity contribution in [1.29, 1.82) is 0 Å². The lowest BCUT2D eigenvalue weighted by Gasteiger charge is -2.38. The lowest BCUT2D eigenvalue weighted by atomic mass is 9.80. The van der Waals surface area contributed by atoms with Crippen LogP contribution in [0.15, 0.2) is 18.3 Å². The Labute approximate surface area is 122 Å². The average molecular weight is 277 g/mol. The number of likely N-dealkylation sites (tertiary alicyclic amines) is 1. The van der Waals surface area contributed by atoms with Crippen molar-refractivity contribution in [2.45, 2.75) is 33.1 Å². The minimum atomic E-state index is 0.353. The molecular formula is C16H27N3O. The molecule has 112 valence electrons. The molecule has 0 saturated carbocycles. The Bertz CT molecular complexity index is 414. The molecule has 0 spiro atoms. The Balaban J connectivity index is 1.93. The molecule has 0 aliphatic carbocycles. The average Bonchev–Trinajstić information content (AvgIpc) is 2.47. The first-order valence-electron chi connectivity index (χ1n) is 7.63. The monoisotopic (exact) mass is 277 g/mol. The van der Waals surface area contributed by atoms with Crippen LogP contribution in [0.4, 0.5) is 5.82 Å². The summed E-state index contributed by atoms with van der Waals surface area (Å²) in [4.78, 5) is 6.82. The predicted molar refractivity (Wildman–Crippen MR) is 83.4 cm³/mol. The molecule has 4 nitrogen and oxygen atoms in total. The Morgan fingerprint density at radius 2 is 2.15 bits per heavy atom. The van der Waals surface area contributed by atoms with Crippen LogP contribution in [0.1, 0.15) is 33.1 Å². The van der Waals surface area contributed by atoms with E-state index in [0.29, 0.717) is 5.41 Å². The molecule has 1 aliphatic rings. The molecule has 20 heavy (non-hydrogen) atoms. The minimum absolute atomic E-state index is 0.353. The van der Waals surface area contributed by atoms with Gasteiger partial charge in [0.25, 0.3) is 0 Å². The molecule has 0 atom stereocenters. The quantitative estimate of drug-likeness (QED) is 0.867. The van der Waals surface area contributed by atoms with Crippen LogP contribution in [-0.2, 0) is 0 Å².